The number of hydrogen-bond donors (Lipinski definition) is 0. The standard InChI is InChI=1S/C13H16NO/c1-9-7-11-10(2)5-6-14(3)13(11)12(8-9)15-4/h5-8H,1-4H3/q+1. The number of rotatable bonds is 1. The number of benzene rings is 1. The van der Waals surface area contributed by atoms with Crippen LogP contribution in [0.25, 0.3) is 10.9 Å². The summed E-state index contributed by atoms with van der Waals surface area (Å²) in [5.41, 5.74) is 3.67. The van der Waals surface area contributed by atoms with Gasteiger partial charge in [0, 0.05) is 6.07 Å². The van der Waals surface area contributed by atoms with Crippen LogP contribution in [-0.4, -0.2) is 7.11 Å². The highest BCUT2D eigenvalue weighted by molar-refractivity contribution is 5.85. The Balaban J connectivity index is 2.95. The Hall–Kier alpha value is -1.57. The zero-order chi connectivity index (χ0) is 11.0. The second kappa shape index (κ2) is 3.54. The summed E-state index contributed by atoms with van der Waals surface area (Å²) in [4.78, 5) is 0. The summed E-state index contributed by atoms with van der Waals surface area (Å²) in [5, 5.41) is 1.26. The van der Waals surface area contributed by atoms with E-state index in [1.807, 2.05) is 7.05 Å². The summed E-state index contributed by atoms with van der Waals surface area (Å²) in [6.07, 6.45) is 2.06. The van der Waals surface area contributed by atoms with Gasteiger partial charge in [0.1, 0.15) is 7.05 Å². The largest absolute Gasteiger partial charge is 0.490 e. The maximum absolute atomic E-state index is 5.42. The fourth-order valence-corrected chi connectivity index (χ4v) is 1.95. The molecule has 0 N–H and O–H groups in total. The Labute approximate surface area is 90.1 Å². The van der Waals surface area contributed by atoms with Gasteiger partial charge in [-0.05, 0) is 37.1 Å². The highest BCUT2D eigenvalue weighted by Gasteiger charge is 2.13. The molecular formula is C13H16NO+. The molecule has 2 heteroatoms. The van der Waals surface area contributed by atoms with Crippen LogP contribution in [0.4, 0.5) is 0 Å². The van der Waals surface area contributed by atoms with E-state index in [2.05, 4.69) is 42.8 Å². The quantitative estimate of drug-likeness (QED) is 0.647. The molecule has 0 amide bonds. The molecule has 0 unspecified atom stereocenters. The molecular weight excluding hydrogens is 186 g/mol. The van der Waals surface area contributed by atoms with Gasteiger partial charge in [-0.2, -0.15) is 4.57 Å². The van der Waals surface area contributed by atoms with Gasteiger partial charge < -0.3 is 4.74 Å². The van der Waals surface area contributed by atoms with E-state index in [9.17, 15) is 0 Å². The van der Waals surface area contributed by atoms with Gasteiger partial charge in [0.2, 0.25) is 0 Å². The lowest BCUT2D eigenvalue weighted by Crippen LogP contribution is -2.28. The molecule has 0 saturated carbocycles. The zero-order valence-electron chi connectivity index (χ0n) is 9.66. The molecule has 2 aromatic rings. The van der Waals surface area contributed by atoms with E-state index in [4.69, 9.17) is 4.74 Å². The first-order valence-electron chi connectivity index (χ1n) is 5.07. The minimum atomic E-state index is 0.941. The molecule has 0 aliphatic carbocycles. The van der Waals surface area contributed by atoms with Crippen molar-refractivity contribution in [2.75, 3.05) is 7.11 Å². The van der Waals surface area contributed by atoms with Crippen molar-refractivity contribution < 1.29 is 9.30 Å². The molecule has 0 bridgehead atoms. The molecule has 0 atom stereocenters. The first kappa shape index (κ1) is 9.97. The SMILES string of the molecule is COc1cc(C)cc2c(C)cc[n+](C)c12. The van der Waals surface area contributed by atoms with Gasteiger partial charge in [0.05, 0.1) is 12.5 Å². The smallest absolute Gasteiger partial charge is 0.254 e. The topological polar surface area (TPSA) is 13.1 Å². The third-order valence-corrected chi connectivity index (χ3v) is 2.76. The lowest BCUT2D eigenvalue weighted by atomic mass is 10.1. The van der Waals surface area contributed by atoms with Crippen molar-refractivity contribution >= 4 is 10.9 Å². The summed E-state index contributed by atoms with van der Waals surface area (Å²) in [6, 6.07) is 6.40. The highest BCUT2D eigenvalue weighted by atomic mass is 16.5. The monoisotopic (exact) mass is 202 g/mol. The van der Waals surface area contributed by atoms with E-state index in [-0.39, 0.29) is 0 Å². The molecule has 0 aliphatic rings. The van der Waals surface area contributed by atoms with E-state index in [0.717, 1.165) is 11.3 Å². The average molecular weight is 202 g/mol. The van der Waals surface area contributed by atoms with Crippen LogP contribution in [0.3, 0.4) is 0 Å². The minimum absolute atomic E-state index is 0.941. The lowest BCUT2D eigenvalue weighted by molar-refractivity contribution is -0.645. The summed E-state index contributed by atoms with van der Waals surface area (Å²) >= 11 is 0. The van der Waals surface area contributed by atoms with Crippen molar-refractivity contribution in [3.8, 4) is 5.75 Å². The molecule has 1 heterocycles. The number of aryl methyl sites for hydroxylation is 3. The van der Waals surface area contributed by atoms with Gasteiger partial charge in [0.25, 0.3) is 5.52 Å². The summed E-state index contributed by atoms with van der Waals surface area (Å²) in [5.74, 6) is 0.941. The molecule has 1 aromatic heterocycles. The number of hydrogen-bond acceptors (Lipinski definition) is 1. The van der Waals surface area contributed by atoms with Crippen molar-refractivity contribution in [1.29, 1.82) is 0 Å². The van der Waals surface area contributed by atoms with Crippen LogP contribution in [0.1, 0.15) is 11.1 Å². The number of ether oxygens (including phenoxy) is 1. The number of fused-ring (bicyclic) bond motifs is 1. The Kier molecular flexibility index (Phi) is 2.35. The maximum atomic E-state index is 5.42. The molecule has 1 aromatic carbocycles. The van der Waals surface area contributed by atoms with Crippen LogP contribution >= 0.6 is 0 Å². The third kappa shape index (κ3) is 1.56. The molecule has 78 valence electrons. The normalized spacial score (nSPS) is 10.7. The van der Waals surface area contributed by atoms with E-state index in [0.29, 0.717) is 0 Å². The third-order valence-electron chi connectivity index (χ3n) is 2.76. The Morgan fingerprint density at radius 3 is 2.60 bits per heavy atom. The van der Waals surface area contributed by atoms with Crippen molar-refractivity contribution in [2.45, 2.75) is 13.8 Å². The van der Waals surface area contributed by atoms with Crippen molar-refractivity contribution in [3.05, 3.63) is 35.5 Å². The van der Waals surface area contributed by atoms with Gasteiger partial charge in [-0.1, -0.05) is 0 Å². The second-order valence-electron chi connectivity index (χ2n) is 3.97. The number of aromatic nitrogens is 1. The van der Waals surface area contributed by atoms with Crippen LogP contribution in [-0.2, 0) is 7.05 Å². The summed E-state index contributed by atoms with van der Waals surface area (Å²) < 4.78 is 7.52. The molecule has 2 nitrogen and oxygen atoms in total. The lowest BCUT2D eigenvalue weighted by Gasteiger charge is -2.06. The highest BCUT2D eigenvalue weighted by Crippen LogP contribution is 2.26. The number of nitrogens with zero attached hydrogens (tertiary/aromatic N) is 1. The Morgan fingerprint density at radius 1 is 1.20 bits per heavy atom. The fraction of sp³-hybridized carbons (Fsp3) is 0.308. The predicted molar refractivity (Wildman–Crippen MR) is 61.2 cm³/mol. The molecule has 0 spiro atoms. The van der Waals surface area contributed by atoms with Gasteiger partial charge in [-0.3, -0.25) is 0 Å². The molecule has 15 heavy (non-hydrogen) atoms. The maximum Gasteiger partial charge on any atom is 0.254 e. The number of methoxy groups -OCH3 is 1. The summed E-state index contributed by atoms with van der Waals surface area (Å²) in [7, 11) is 3.76. The van der Waals surface area contributed by atoms with Crippen LogP contribution < -0.4 is 9.30 Å². The Morgan fingerprint density at radius 2 is 1.93 bits per heavy atom. The molecule has 0 fully saturated rings. The van der Waals surface area contributed by atoms with Crippen LogP contribution in [0.5, 0.6) is 5.75 Å². The van der Waals surface area contributed by atoms with Crippen molar-refractivity contribution in [2.24, 2.45) is 7.05 Å². The molecule has 0 saturated heterocycles. The predicted octanol–water partition coefficient (Wildman–Crippen LogP) is 2.29. The van der Waals surface area contributed by atoms with Gasteiger partial charge >= 0.3 is 0 Å². The molecule has 0 radical (unpaired) electrons. The first-order valence-corrected chi connectivity index (χ1v) is 5.07. The van der Waals surface area contributed by atoms with E-state index >= 15 is 0 Å². The van der Waals surface area contributed by atoms with Crippen molar-refractivity contribution in [1.82, 2.24) is 0 Å². The van der Waals surface area contributed by atoms with E-state index < -0.39 is 0 Å². The van der Waals surface area contributed by atoms with Crippen LogP contribution in [0.2, 0.25) is 0 Å². The van der Waals surface area contributed by atoms with Crippen LogP contribution in [0, 0.1) is 13.8 Å². The van der Waals surface area contributed by atoms with E-state index in [1.165, 1.54) is 16.5 Å². The summed E-state index contributed by atoms with van der Waals surface area (Å²) in [6.45, 7) is 4.22. The van der Waals surface area contributed by atoms with Gasteiger partial charge in [-0.25, -0.2) is 0 Å². The van der Waals surface area contributed by atoms with Crippen molar-refractivity contribution in [3.63, 3.8) is 0 Å². The van der Waals surface area contributed by atoms with E-state index in [1.54, 1.807) is 7.11 Å². The fourth-order valence-electron chi connectivity index (χ4n) is 1.95. The first-order chi connectivity index (χ1) is 7.13. The Bertz CT molecular complexity index is 517. The van der Waals surface area contributed by atoms with Crippen LogP contribution in [0.15, 0.2) is 24.4 Å². The number of pyridine rings is 1. The van der Waals surface area contributed by atoms with Gasteiger partial charge in [-0.15, -0.1) is 0 Å². The zero-order valence-corrected chi connectivity index (χ0v) is 9.66. The minimum Gasteiger partial charge on any atom is -0.490 e. The van der Waals surface area contributed by atoms with Gasteiger partial charge in [0.15, 0.2) is 11.9 Å². The average Bonchev–Trinajstić information content (AvgIpc) is 2.22. The molecule has 2 rings (SSSR count). The second-order valence-corrected chi connectivity index (χ2v) is 3.97. The molecule has 0 aliphatic heterocycles.